The van der Waals surface area contributed by atoms with Gasteiger partial charge in [0.2, 0.25) is 0 Å². The van der Waals surface area contributed by atoms with Crippen LogP contribution in [0.4, 0.5) is 11.4 Å². The molecule has 0 aliphatic rings. The third-order valence-corrected chi connectivity index (χ3v) is 3.15. The molecule has 0 radical (unpaired) electrons. The summed E-state index contributed by atoms with van der Waals surface area (Å²) in [7, 11) is 1.49. The number of para-hydroxylation sites is 2. The number of likely N-dealkylation sites (N-methyl/N-ethyl adjacent to an activating group) is 1. The third-order valence-electron chi connectivity index (χ3n) is 3.15. The van der Waals surface area contributed by atoms with Crippen molar-refractivity contribution in [1.82, 2.24) is 4.90 Å². The smallest absolute Gasteiger partial charge is 0.314 e. The summed E-state index contributed by atoms with van der Waals surface area (Å²) < 4.78 is 0. The Labute approximate surface area is 132 Å². The van der Waals surface area contributed by atoms with Crippen molar-refractivity contribution >= 4 is 23.2 Å². The van der Waals surface area contributed by atoms with Gasteiger partial charge in [-0.05, 0) is 11.6 Å². The van der Waals surface area contributed by atoms with Crippen LogP contribution in [0.1, 0.15) is 5.56 Å². The molecule has 2 aromatic carbocycles. The van der Waals surface area contributed by atoms with Crippen LogP contribution in [-0.2, 0) is 16.1 Å². The van der Waals surface area contributed by atoms with Crippen molar-refractivity contribution in [3.05, 3.63) is 70.3 Å². The van der Waals surface area contributed by atoms with Crippen LogP contribution in [-0.4, -0.2) is 28.7 Å². The summed E-state index contributed by atoms with van der Waals surface area (Å²) in [6.45, 7) is 0.268. The molecule has 1 N–H and O–H groups in total. The number of benzene rings is 2. The summed E-state index contributed by atoms with van der Waals surface area (Å²) in [5.74, 6) is -1.69. The van der Waals surface area contributed by atoms with Gasteiger partial charge in [0.1, 0.15) is 5.69 Å². The van der Waals surface area contributed by atoms with E-state index in [1.165, 1.54) is 30.1 Å². The number of nitrogens with zero attached hydrogens (tertiary/aromatic N) is 2. The van der Waals surface area contributed by atoms with Gasteiger partial charge in [-0.2, -0.15) is 0 Å². The predicted molar refractivity (Wildman–Crippen MR) is 84.6 cm³/mol. The molecule has 0 saturated heterocycles. The highest BCUT2D eigenvalue weighted by Crippen LogP contribution is 2.23. The second kappa shape index (κ2) is 7.17. The van der Waals surface area contributed by atoms with Gasteiger partial charge in [0.05, 0.1) is 4.92 Å². The maximum absolute atomic E-state index is 12.1. The van der Waals surface area contributed by atoms with E-state index in [1.807, 2.05) is 30.3 Å². The van der Waals surface area contributed by atoms with E-state index < -0.39 is 16.7 Å². The van der Waals surface area contributed by atoms with Crippen LogP contribution in [0.3, 0.4) is 0 Å². The lowest BCUT2D eigenvalue weighted by molar-refractivity contribution is -0.383. The summed E-state index contributed by atoms with van der Waals surface area (Å²) in [5.41, 5.74) is 0.602. The van der Waals surface area contributed by atoms with Crippen molar-refractivity contribution in [2.45, 2.75) is 6.54 Å². The third kappa shape index (κ3) is 4.13. The first-order valence-corrected chi connectivity index (χ1v) is 6.83. The van der Waals surface area contributed by atoms with Gasteiger partial charge in [-0.15, -0.1) is 0 Å². The van der Waals surface area contributed by atoms with E-state index in [1.54, 1.807) is 6.07 Å². The second-order valence-corrected chi connectivity index (χ2v) is 4.88. The molecule has 2 amide bonds. The lowest BCUT2D eigenvalue weighted by Gasteiger charge is -2.16. The molecule has 0 unspecified atom stereocenters. The van der Waals surface area contributed by atoms with Crippen molar-refractivity contribution in [1.29, 1.82) is 0 Å². The molecule has 0 aliphatic heterocycles. The summed E-state index contributed by atoms with van der Waals surface area (Å²) in [6, 6.07) is 14.9. The van der Waals surface area contributed by atoms with E-state index in [0.29, 0.717) is 0 Å². The van der Waals surface area contributed by atoms with E-state index >= 15 is 0 Å². The zero-order valence-corrected chi connectivity index (χ0v) is 12.4. The number of rotatable bonds is 4. The van der Waals surface area contributed by atoms with Crippen molar-refractivity contribution in [3.8, 4) is 0 Å². The highest BCUT2D eigenvalue weighted by Gasteiger charge is 2.22. The molecule has 23 heavy (non-hydrogen) atoms. The molecule has 0 atom stereocenters. The van der Waals surface area contributed by atoms with Crippen molar-refractivity contribution in [2.75, 3.05) is 12.4 Å². The van der Waals surface area contributed by atoms with Gasteiger partial charge >= 0.3 is 11.8 Å². The second-order valence-electron chi connectivity index (χ2n) is 4.88. The van der Waals surface area contributed by atoms with Crippen LogP contribution in [0.15, 0.2) is 54.6 Å². The van der Waals surface area contributed by atoms with Crippen LogP contribution in [0.25, 0.3) is 0 Å². The Morgan fingerprint density at radius 3 is 2.35 bits per heavy atom. The Hall–Kier alpha value is -3.22. The Morgan fingerprint density at radius 1 is 1.09 bits per heavy atom. The van der Waals surface area contributed by atoms with Crippen LogP contribution in [0, 0.1) is 10.1 Å². The maximum Gasteiger partial charge on any atom is 0.314 e. The zero-order valence-electron chi connectivity index (χ0n) is 12.4. The molecule has 0 fully saturated rings. The standard InChI is InChI=1S/C16H15N3O4/c1-18(11-12-7-3-2-4-8-12)16(21)15(20)17-13-9-5-6-10-14(13)19(22)23/h2-10H,11H2,1H3,(H,17,20). The van der Waals surface area contributed by atoms with Gasteiger partial charge in [-0.25, -0.2) is 0 Å². The van der Waals surface area contributed by atoms with Crippen LogP contribution < -0.4 is 5.32 Å². The lowest BCUT2D eigenvalue weighted by Crippen LogP contribution is -2.36. The fraction of sp³-hybridized carbons (Fsp3) is 0.125. The van der Waals surface area contributed by atoms with E-state index in [0.717, 1.165) is 5.56 Å². The monoisotopic (exact) mass is 313 g/mol. The summed E-state index contributed by atoms with van der Waals surface area (Å²) in [6.07, 6.45) is 0. The van der Waals surface area contributed by atoms with Gasteiger partial charge in [0, 0.05) is 19.7 Å². The van der Waals surface area contributed by atoms with Gasteiger partial charge in [-0.1, -0.05) is 42.5 Å². The van der Waals surface area contributed by atoms with Gasteiger partial charge in [0.15, 0.2) is 0 Å². The van der Waals surface area contributed by atoms with Crippen LogP contribution in [0.2, 0.25) is 0 Å². The molecule has 0 aliphatic carbocycles. The summed E-state index contributed by atoms with van der Waals surface area (Å²) in [5, 5.41) is 13.2. The Morgan fingerprint density at radius 2 is 1.70 bits per heavy atom. The molecule has 118 valence electrons. The number of nitrogens with one attached hydrogen (secondary N) is 1. The average Bonchev–Trinajstić information content (AvgIpc) is 2.55. The fourth-order valence-electron chi connectivity index (χ4n) is 2.02. The minimum Gasteiger partial charge on any atom is -0.333 e. The molecular formula is C16H15N3O4. The molecule has 0 heterocycles. The highest BCUT2D eigenvalue weighted by atomic mass is 16.6. The molecule has 0 saturated carbocycles. The number of carbonyl (C=O) groups excluding carboxylic acids is 2. The summed E-state index contributed by atoms with van der Waals surface area (Å²) >= 11 is 0. The first-order chi connectivity index (χ1) is 11.0. The SMILES string of the molecule is CN(Cc1ccccc1)C(=O)C(=O)Nc1ccccc1[N+](=O)[O-]. The van der Waals surface area contributed by atoms with Gasteiger partial charge in [0.25, 0.3) is 5.69 Å². The van der Waals surface area contributed by atoms with Crippen LogP contribution in [0.5, 0.6) is 0 Å². The quantitative estimate of drug-likeness (QED) is 0.532. The first-order valence-electron chi connectivity index (χ1n) is 6.83. The number of anilines is 1. The molecule has 0 bridgehead atoms. The fourth-order valence-corrected chi connectivity index (χ4v) is 2.02. The van der Waals surface area contributed by atoms with Crippen molar-refractivity contribution < 1.29 is 14.5 Å². The van der Waals surface area contributed by atoms with E-state index in [9.17, 15) is 19.7 Å². The Bertz CT molecular complexity index is 731. The number of hydrogen-bond acceptors (Lipinski definition) is 4. The number of hydrogen-bond donors (Lipinski definition) is 1. The van der Waals surface area contributed by atoms with E-state index in [-0.39, 0.29) is 17.9 Å². The van der Waals surface area contributed by atoms with Gasteiger partial charge < -0.3 is 10.2 Å². The average molecular weight is 313 g/mol. The molecule has 7 heteroatoms. The highest BCUT2D eigenvalue weighted by molar-refractivity contribution is 6.39. The van der Waals surface area contributed by atoms with Crippen LogP contribution >= 0.6 is 0 Å². The predicted octanol–water partition coefficient (Wildman–Crippen LogP) is 2.19. The van der Waals surface area contributed by atoms with E-state index in [4.69, 9.17) is 0 Å². The topological polar surface area (TPSA) is 92.6 Å². The Balaban J connectivity index is 2.06. The first kappa shape index (κ1) is 16.2. The van der Waals surface area contributed by atoms with Crippen molar-refractivity contribution in [3.63, 3.8) is 0 Å². The molecule has 2 rings (SSSR count). The molecule has 2 aromatic rings. The normalized spacial score (nSPS) is 9.96. The zero-order chi connectivity index (χ0) is 16.8. The molecular weight excluding hydrogens is 298 g/mol. The number of carbonyl (C=O) groups is 2. The summed E-state index contributed by atoms with van der Waals surface area (Å²) in [4.78, 5) is 35.6. The van der Waals surface area contributed by atoms with Gasteiger partial charge in [-0.3, -0.25) is 19.7 Å². The molecule has 7 nitrogen and oxygen atoms in total. The molecule has 0 spiro atoms. The number of nitro groups is 1. The van der Waals surface area contributed by atoms with E-state index in [2.05, 4.69) is 5.32 Å². The number of nitro benzene ring substituents is 1. The maximum atomic E-state index is 12.1. The minimum atomic E-state index is -0.919. The number of amides is 2. The minimum absolute atomic E-state index is 0.0102. The molecule has 0 aromatic heterocycles. The Kier molecular flexibility index (Phi) is 5.03. The largest absolute Gasteiger partial charge is 0.333 e. The van der Waals surface area contributed by atoms with Crippen molar-refractivity contribution in [2.24, 2.45) is 0 Å². The lowest BCUT2D eigenvalue weighted by atomic mass is 10.2.